The molecule has 0 amide bonds. The first-order valence-electron chi connectivity index (χ1n) is 6.20. The van der Waals surface area contributed by atoms with Crippen molar-refractivity contribution < 1.29 is 14.3 Å². The lowest BCUT2D eigenvalue weighted by Gasteiger charge is -2.38. The van der Waals surface area contributed by atoms with Crippen LogP contribution in [-0.2, 0) is 4.79 Å². The first-order valence-corrected chi connectivity index (χ1v) is 6.20. The monoisotopic (exact) mass is 247 g/mol. The molecule has 4 nitrogen and oxygen atoms in total. The fourth-order valence-electron chi connectivity index (χ4n) is 2.40. The van der Waals surface area contributed by atoms with E-state index in [-0.39, 0.29) is 11.3 Å². The van der Waals surface area contributed by atoms with E-state index in [0.717, 1.165) is 18.5 Å². The van der Waals surface area contributed by atoms with Gasteiger partial charge in [-0.25, -0.2) is 0 Å². The van der Waals surface area contributed by atoms with Crippen LogP contribution in [0.3, 0.4) is 0 Å². The van der Waals surface area contributed by atoms with E-state index < -0.39 is 0 Å². The predicted octanol–water partition coefficient (Wildman–Crippen LogP) is 2.78. The number of benzene rings is 1. The number of anilines is 1. The smallest absolute Gasteiger partial charge is 0.298 e. The number of hydrogen-bond acceptors (Lipinski definition) is 4. The first kappa shape index (κ1) is 12.6. The number of fused-ring (bicyclic) bond motifs is 1. The fraction of sp³-hybridized carbons (Fsp3) is 0.429. The van der Waals surface area contributed by atoms with Gasteiger partial charge in [-0.3, -0.25) is 9.59 Å². The average Bonchev–Trinajstić information content (AvgIpc) is 2.39. The third-order valence-corrected chi connectivity index (χ3v) is 3.73. The average molecular weight is 247 g/mol. The van der Waals surface area contributed by atoms with Crippen LogP contribution in [0, 0.1) is 0 Å². The maximum Gasteiger partial charge on any atom is 0.298 e. The standard InChI is InChI=1S/C14H17NO3/c1-3-14(4-2)8-13(17)11-7-10(18-9-16)5-6-12(11)15-14/h5-7,9,15H,3-4,8H2,1-2H3. The van der Waals surface area contributed by atoms with E-state index in [1.54, 1.807) is 18.2 Å². The molecule has 1 aliphatic heterocycles. The normalized spacial score (nSPS) is 16.7. The number of ether oxygens (including phenoxy) is 1. The number of Topliss-reactive ketones (excluding diaryl/α,β-unsaturated/α-hetero) is 1. The summed E-state index contributed by atoms with van der Waals surface area (Å²) in [7, 11) is 0. The van der Waals surface area contributed by atoms with Crippen LogP contribution < -0.4 is 10.1 Å². The van der Waals surface area contributed by atoms with Gasteiger partial charge in [0.2, 0.25) is 0 Å². The second-order valence-corrected chi connectivity index (χ2v) is 4.63. The second-order valence-electron chi connectivity index (χ2n) is 4.63. The predicted molar refractivity (Wildman–Crippen MR) is 69.0 cm³/mol. The van der Waals surface area contributed by atoms with Gasteiger partial charge in [-0.1, -0.05) is 13.8 Å². The van der Waals surface area contributed by atoms with Gasteiger partial charge in [0.25, 0.3) is 6.47 Å². The highest BCUT2D eigenvalue weighted by Gasteiger charge is 2.35. The van der Waals surface area contributed by atoms with Gasteiger partial charge in [0.05, 0.1) is 0 Å². The Balaban J connectivity index is 2.38. The van der Waals surface area contributed by atoms with E-state index in [2.05, 4.69) is 19.2 Å². The Morgan fingerprint density at radius 1 is 1.39 bits per heavy atom. The van der Waals surface area contributed by atoms with Gasteiger partial charge in [-0.2, -0.15) is 0 Å². The maximum absolute atomic E-state index is 12.2. The van der Waals surface area contributed by atoms with E-state index in [4.69, 9.17) is 4.74 Å². The van der Waals surface area contributed by atoms with Gasteiger partial charge in [0, 0.05) is 23.2 Å². The van der Waals surface area contributed by atoms with Crippen molar-refractivity contribution >= 4 is 17.9 Å². The van der Waals surface area contributed by atoms with Crippen molar-refractivity contribution in [1.29, 1.82) is 0 Å². The summed E-state index contributed by atoms with van der Waals surface area (Å²) in [4.78, 5) is 22.5. The van der Waals surface area contributed by atoms with Crippen molar-refractivity contribution in [2.24, 2.45) is 0 Å². The van der Waals surface area contributed by atoms with Crippen molar-refractivity contribution in [3.63, 3.8) is 0 Å². The highest BCUT2D eigenvalue weighted by atomic mass is 16.5. The molecule has 0 aromatic heterocycles. The summed E-state index contributed by atoms with van der Waals surface area (Å²) in [6.45, 7) is 4.53. The molecule has 0 saturated heterocycles. The van der Waals surface area contributed by atoms with Gasteiger partial charge < -0.3 is 10.1 Å². The number of rotatable bonds is 4. The topological polar surface area (TPSA) is 55.4 Å². The number of ketones is 1. The van der Waals surface area contributed by atoms with Crippen LogP contribution in [0.25, 0.3) is 0 Å². The van der Waals surface area contributed by atoms with Crippen LogP contribution in [-0.4, -0.2) is 17.8 Å². The first-order chi connectivity index (χ1) is 8.64. The zero-order valence-corrected chi connectivity index (χ0v) is 10.7. The molecule has 0 spiro atoms. The van der Waals surface area contributed by atoms with E-state index >= 15 is 0 Å². The molecule has 0 fully saturated rings. The van der Waals surface area contributed by atoms with Crippen molar-refractivity contribution in [3.8, 4) is 5.75 Å². The van der Waals surface area contributed by atoms with E-state index in [0.29, 0.717) is 24.2 Å². The molecular formula is C14H17NO3. The molecule has 1 aliphatic rings. The zero-order valence-electron chi connectivity index (χ0n) is 10.7. The number of nitrogens with one attached hydrogen (secondary N) is 1. The Hall–Kier alpha value is -1.84. The highest BCUT2D eigenvalue weighted by Crippen LogP contribution is 2.36. The molecule has 96 valence electrons. The molecule has 2 rings (SSSR count). The third-order valence-electron chi connectivity index (χ3n) is 3.73. The molecule has 0 atom stereocenters. The van der Waals surface area contributed by atoms with Crippen LogP contribution >= 0.6 is 0 Å². The maximum atomic E-state index is 12.2. The molecule has 0 saturated carbocycles. The number of carbonyl (C=O) groups is 2. The highest BCUT2D eigenvalue weighted by molar-refractivity contribution is 6.04. The summed E-state index contributed by atoms with van der Waals surface area (Å²) in [5, 5.41) is 3.44. The summed E-state index contributed by atoms with van der Waals surface area (Å²) in [6.07, 6.45) is 2.29. The van der Waals surface area contributed by atoms with Gasteiger partial charge in [-0.15, -0.1) is 0 Å². The van der Waals surface area contributed by atoms with E-state index in [1.165, 1.54) is 0 Å². The Bertz CT molecular complexity index is 478. The van der Waals surface area contributed by atoms with Crippen molar-refractivity contribution in [3.05, 3.63) is 23.8 Å². The van der Waals surface area contributed by atoms with Gasteiger partial charge in [0.1, 0.15) is 5.75 Å². The Kier molecular flexibility index (Phi) is 3.36. The molecule has 0 unspecified atom stereocenters. The molecule has 0 aliphatic carbocycles. The molecule has 0 bridgehead atoms. The largest absolute Gasteiger partial charge is 0.429 e. The lowest BCUT2D eigenvalue weighted by atomic mass is 9.81. The Morgan fingerprint density at radius 3 is 2.72 bits per heavy atom. The molecule has 18 heavy (non-hydrogen) atoms. The van der Waals surface area contributed by atoms with Crippen LogP contribution in [0.2, 0.25) is 0 Å². The van der Waals surface area contributed by atoms with E-state index in [1.807, 2.05) is 0 Å². The van der Waals surface area contributed by atoms with E-state index in [9.17, 15) is 9.59 Å². The Labute approximate surface area is 106 Å². The summed E-state index contributed by atoms with van der Waals surface area (Å²) in [6, 6.07) is 5.11. The SMILES string of the molecule is CCC1(CC)CC(=O)c2cc(OC=O)ccc2N1. The summed E-state index contributed by atoms with van der Waals surface area (Å²) in [5.74, 6) is 0.503. The quantitative estimate of drug-likeness (QED) is 0.831. The second kappa shape index (κ2) is 4.80. The summed E-state index contributed by atoms with van der Waals surface area (Å²) >= 11 is 0. The van der Waals surface area contributed by atoms with Gasteiger partial charge in [0.15, 0.2) is 5.78 Å². The molecule has 0 radical (unpaired) electrons. The molecule has 1 aromatic rings. The zero-order chi connectivity index (χ0) is 13.2. The van der Waals surface area contributed by atoms with Gasteiger partial charge >= 0.3 is 0 Å². The van der Waals surface area contributed by atoms with Crippen molar-refractivity contribution in [2.45, 2.75) is 38.6 Å². The number of carbonyl (C=O) groups excluding carboxylic acids is 2. The fourth-order valence-corrected chi connectivity index (χ4v) is 2.40. The third kappa shape index (κ3) is 2.10. The molecule has 4 heteroatoms. The molecular weight excluding hydrogens is 230 g/mol. The molecule has 1 N–H and O–H groups in total. The van der Waals surface area contributed by atoms with Crippen LogP contribution in [0.15, 0.2) is 18.2 Å². The minimum atomic E-state index is -0.142. The summed E-state index contributed by atoms with van der Waals surface area (Å²) in [5.41, 5.74) is 1.29. The minimum Gasteiger partial charge on any atom is -0.429 e. The molecule has 1 aromatic carbocycles. The summed E-state index contributed by atoms with van der Waals surface area (Å²) < 4.78 is 4.76. The molecule has 1 heterocycles. The minimum absolute atomic E-state index is 0.101. The number of hydrogen-bond donors (Lipinski definition) is 1. The van der Waals surface area contributed by atoms with Crippen LogP contribution in [0.1, 0.15) is 43.5 Å². The Morgan fingerprint density at radius 2 is 2.11 bits per heavy atom. The van der Waals surface area contributed by atoms with Crippen LogP contribution in [0.5, 0.6) is 5.75 Å². The van der Waals surface area contributed by atoms with Crippen molar-refractivity contribution in [2.75, 3.05) is 5.32 Å². The van der Waals surface area contributed by atoms with Gasteiger partial charge in [-0.05, 0) is 31.0 Å². The van der Waals surface area contributed by atoms with Crippen molar-refractivity contribution in [1.82, 2.24) is 0 Å². The lowest BCUT2D eigenvalue weighted by molar-refractivity contribution is -0.120. The van der Waals surface area contributed by atoms with Crippen LogP contribution in [0.4, 0.5) is 5.69 Å². The lowest BCUT2D eigenvalue weighted by Crippen LogP contribution is -2.43.